The third-order valence-electron chi connectivity index (χ3n) is 3.61. The Morgan fingerprint density at radius 2 is 1.63 bits per heavy atom. The molecule has 2 aromatic carbocycles. The van der Waals surface area contributed by atoms with Gasteiger partial charge in [0.1, 0.15) is 6.54 Å². The molecular formula is C18H21IN4O3S. The van der Waals surface area contributed by atoms with Crippen molar-refractivity contribution in [3.8, 4) is 0 Å². The predicted octanol–water partition coefficient (Wildman–Crippen LogP) is 2.27. The lowest BCUT2D eigenvalue weighted by Crippen LogP contribution is -2.39. The van der Waals surface area contributed by atoms with Crippen LogP contribution in [-0.4, -0.2) is 47.4 Å². The van der Waals surface area contributed by atoms with Crippen LogP contribution >= 0.6 is 22.6 Å². The SMILES string of the molecule is CN(C)c1ccc(/C=N\NC(=O)CN(c2ccc(I)cc2)S(C)(=O)=O)cc1. The second-order valence-corrected chi connectivity index (χ2v) is 9.18. The molecule has 27 heavy (non-hydrogen) atoms. The summed E-state index contributed by atoms with van der Waals surface area (Å²) in [6.45, 7) is -0.351. The van der Waals surface area contributed by atoms with Crippen molar-refractivity contribution in [2.24, 2.45) is 5.10 Å². The Hall–Kier alpha value is -2.14. The number of hydrogen-bond donors (Lipinski definition) is 1. The number of carbonyl (C=O) groups is 1. The molecule has 0 bridgehead atoms. The van der Waals surface area contributed by atoms with E-state index in [-0.39, 0.29) is 6.54 Å². The minimum Gasteiger partial charge on any atom is -0.378 e. The van der Waals surface area contributed by atoms with E-state index in [0.29, 0.717) is 5.69 Å². The Morgan fingerprint density at radius 3 is 2.15 bits per heavy atom. The van der Waals surface area contributed by atoms with Gasteiger partial charge in [0, 0.05) is 23.4 Å². The maximum Gasteiger partial charge on any atom is 0.260 e. The largest absolute Gasteiger partial charge is 0.378 e. The molecule has 0 aliphatic carbocycles. The Kier molecular flexibility index (Phi) is 7.19. The molecule has 0 fully saturated rings. The third-order valence-corrected chi connectivity index (χ3v) is 5.47. The fourth-order valence-electron chi connectivity index (χ4n) is 2.21. The topological polar surface area (TPSA) is 82.1 Å². The maximum absolute atomic E-state index is 12.1. The molecule has 0 heterocycles. The van der Waals surface area contributed by atoms with Gasteiger partial charge in [0.2, 0.25) is 10.0 Å². The maximum atomic E-state index is 12.1. The highest BCUT2D eigenvalue weighted by Gasteiger charge is 2.20. The molecule has 0 saturated heterocycles. The molecule has 0 aliphatic rings. The summed E-state index contributed by atoms with van der Waals surface area (Å²) in [5, 5.41) is 3.90. The van der Waals surface area contributed by atoms with Gasteiger partial charge < -0.3 is 4.90 Å². The monoisotopic (exact) mass is 500 g/mol. The van der Waals surface area contributed by atoms with E-state index in [4.69, 9.17) is 0 Å². The highest BCUT2D eigenvalue weighted by atomic mass is 127. The summed E-state index contributed by atoms with van der Waals surface area (Å²) in [5.74, 6) is -0.528. The summed E-state index contributed by atoms with van der Waals surface area (Å²) in [4.78, 5) is 14.1. The Labute approximate surface area is 173 Å². The minimum absolute atomic E-state index is 0.351. The Bertz CT molecular complexity index is 911. The highest BCUT2D eigenvalue weighted by Crippen LogP contribution is 2.18. The number of hydrogen-bond acceptors (Lipinski definition) is 5. The lowest BCUT2D eigenvalue weighted by molar-refractivity contribution is -0.119. The van der Waals surface area contributed by atoms with Crippen LogP contribution in [-0.2, 0) is 14.8 Å². The lowest BCUT2D eigenvalue weighted by atomic mass is 10.2. The van der Waals surface area contributed by atoms with Crippen molar-refractivity contribution in [1.29, 1.82) is 0 Å². The van der Waals surface area contributed by atoms with Gasteiger partial charge in [0.05, 0.1) is 18.2 Å². The van der Waals surface area contributed by atoms with Crippen LogP contribution in [0.2, 0.25) is 0 Å². The fraction of sp³-hybridized carbons (Fsp3) is 0.222. The van der Waals surface area contributed by atoms with Gasteiger partial charge in [-0.1, -0.05) is 12.1 Å². The first-order valence-corrected chi connectivity index (χ1v) is 10.9. The number of amides is 1. The Morgan fingerprint density at radius 1 is 1.07 bits per heavy atom. The van der Waals surface area contributed by atoms with E-state index in [1.165, 1.54) is 6.21 Å². The number of rotatable bonds is 7. The van der Waals surface area contributed by atoms with Crippen molar-refractivity contribution < 1.29 is 13.2 Å². The summed E-state index contributed by atoms with van der Waals surface area (Å²) < 4.78 is 26.1. The van der Waals surface area contributed by atoms with Crippen LogP contribution in [0.15, 0.2) is 53.6 Å². The van der Waals surface area contributed by atoms with Crippen LogP contribution < -0.4 is 14.6 Å². The van der Waals surface area contributed by atoms with Crippen LogP contribution in [0.5, 0.6) is 0 Å². The lowest BCUT2D eigenvalue weighted by Gasteiger charge is -2.21. The minimum atomic E-state index is -3.60. The Balaban J connectivity index is 2.02. The normalized spacial score (nSPS) is 11.4. The first kappa shape index (κ1) is 21.2. The van der Waals surface area contributed by atoms with Crippen molar-refractivity contribution in [3.63, 3.8) is 0 Å². The number of nitrogens with one attached hydrogen (secondary N) is 1. The van der Waals surface area contributed by atoms with E-state index in [1.807, 2.05) is 43.3 Å². The van der Waals surface area contributed by atoms with Crippen LogP contribution in [0.1, 0.15) is 5.56 Å². The molecular weight excluding hydrogens is 479 g/mol. The van der Waals surface area contributed by atoms with Gasteiger partial charge in [0.15, 0.2) is 0 Å². The number of nitrogens with zero attached hydrogens (tertiary/aromatic N) is 3. The zero-order chi connectivity index (χ0) is 20.0. The van der Waals surface area contributed by atoms with Gasteiger partial charge in [-0.2, -0.15) is 5.10 Å². The van der Waals surface area contributed by atoms with Crippen molar-refractivity contribution in [1.82, 2.24) is 5.43 Å². The molecule has 0 saturated carbocycles. The average Bonchev–Trinajstić information content (AvgIpc) is 2.60. The number of carbonyl (C=O) groups excluding carboxylic acids is 1. The first-order chi connectivity index (χ1) is 12.7. The molecule has 1 N–H and O–H groups in total. The quantitative estimate of drug-likeness (QED) is 0.360. The van der Waals surface area contributed by atoms with E-state index in [1.54, 1.807) is 24.3 Å². The summed E-state index contributed by atoms with van der Waals surface area (Å²) in [5.41, 5.74) is 4.66. The molecule has 2 rings (SSSR count). The molecule has 1 amide bonds. The van der Waals surface area contributed by atoms with E-state index in [0.717, 1.165) is 25.4 Å². The standard InChI is InChI=1S/C18H21IN4O3S/c1-22(2)16-8-4-14(5-9-16)12-20-21-18(24)13-23(27(3,25)26)17-10-6-15(19)7-11-17/h4-12H,13H2,1-3H3,(H,21,24)/b20-12-. The van der Waals surface area contributed by atoms with E-state index >= 15 is 0 Å². The molecule has 0 aliphatic heterocycles. The molecule has 0 spiro atoms. The number of benzene rings is 2. The molecule has 2 aromatic rings. The second-order valence-electron chi connectivity index (χ2n) is 6.03. The van der Waals surface area contributed by atoms with Gasteiger partial charge in [-0.25, -0.2) is 13.8 Å². The molecule has 9 heteroatoms. The number of halogens is 1. The molecule has 144 valence electrons. The van der Waals surface area contributed by atoms with Crippen molar-refractivity contribution in [2.45, 2.75) is 0 Å². The highest BCUT2D eigenvalue weighted by molar-refractivity contribution is 14.1. The van der Waals surface area contributed by atoms with Crippen LogP contribution in [0.4, 0.5) is 11.4 Å². The first-order valence-electron chi connectivity index (χ1n) is 7.99. The summed E-state index contributed by atoms with van der Waals surface area (Å²) >= 11 is 2.13. The average molecular weight is 500 g/mol. The van der Waals surface area contributed by atoms with Crippen molar-refractivity contribution in [3.05, 3.63) is 57.7 Å². The van der Waals surface area contributed by atoms with Gasteiger partial charge in [-0.05, 0) is 64.6 Å². The van der Waals surface area contributed by atoms with Gasteiger partial charge in [-0.15, -0.1) is 0 Å². The van der Waals surface area contributed by atoms with E-state index in [2.05, 4.69) is 33.1 Å². The summed E-state index contributed by atoms with van der Waals surface area (Å²) in [6.07, 6.45) is 2.57. The smallest absolute Gasteiger partial charge is 0.260 e. The zero-order valence-electron chi connectivity index (χ0n) is 15.3. The van der Waals surface area contributed by atoms with Crippen molar-refractivity contribution >= 4 is 56.1 Å². The number of sulfonamides is 1. The zero-order valence-corrected chi connectivity index (χ0v) is 18.2. The molecule has 0 aromatic heterocycles. The third kappa shape index (κ3) is 6.51. The summed E-state index contributed by atoms with van der Waals surface area (Å²) in [6, 6.07) is 14.5. The number of hydrazone groups is 1. The molecule has 0 radical (unpaired) electrons. The van der Waals surface area contributed by atoms with Gasteiger partial charge >= 0.3 is 0 Å². The van der Waals surface area contributed by atoms with E-state index < -0.39 is 15.9 Å². The van der Waals surface area contributed by atoms with E-state index in [9.17, 15) is 13.2 Å². The number of anilines is 2. The molecule has 0 unspecified atom stereocenters. The van der Waals surface area contributed by atoms with Crippen molar-refractivity contribution in [2.75, 3.05) is 36.1 Å². The second kappa shape index (κ2) is 9.18. The fourth-order valence-corrected chi connectivity index (χ4v) is 3.43. The van der Waals surface area contributed by atoms with Crippen LogP contribution in [0.3, 0.4) is 0 Å². The predicted molar refractivity (Wildman–Crippen MR) is 118 cm³/mol. The molecule has 0 atom stereocenters. The van der Waals surface area contributed by atoms with Crippen LogP contribution in [0, 0.1) is 3.57 Å². The van der Waals surface area contributed by atoms with Gasteiger partial charge in [0.25, 0.3) is 5.91 Å². The molecule has 7 nitrogen and oxygen atoms in total. The summed E-state index contributed by atoms with van der Waals surface area (Å²) in [7, 11) is 0.295. The van der Waals surface area contributed by atoms with Crippen LogP contribution in [0.25, 0.3) is 0 Å². The van der Waals surface area contributed by atoms with Gasteiger partial charge in [-0.3, -0.25) is 9.10 Å².